The van der Waals surface area contributed by atoms with Gasteiger partial charge in [-0.1, -0.05) is 19.6 Å². The van der Waals surface area contributed by atoms with E-state index in [0.717, 1.165) is 18.9 Å². The molecule has 0 N–H and O–H groups in total. The van der Waals surface area contributed by atoms with Crippen LogP contribution in [0.15, 0.2) is 12.5 Å². The molecule has 0 aromatic carbocycles. The number of nitrogens with zero attached hydrogens (tertiary/aromatic N) is 2. The maximum absolute atomic E-state index is 5.69. The van der Waals surface area contributed by atoms with Crippen LogP contribution < -0.4 is 0 Å². The first-order valence-corrected chi connectivity index (χ1v) is 10.3. The lowest BCUT2D eigenvalue weighted by Gasteiger charge is -2.15. The zero-order valence-electron chi connectivity index (χ0n) is 11.3. The number of aromatic nitrogens is 2. The summed E-state index contributed by atoms with van der Waals surface area (Å²) in [6.07, 6.45) is 7.96. The average Bonchev–Trinajstić information content (AvgIpc) is 2.91. The van der Waals surface area contributed by atoms with E-state index in [1.807, 2.05) is 6.33 Å². The molecule has 1 aliphatic carbocycles. The topological polar surface area (TPSA) is 27.1 Å². The molecule has 0 radical (unpaired) electrons. The van der Waals surface area contributed by atoms with Crippen LogP contribution in [0.3, 0.4) is 0 Å². The maximum Gasteiger partial charge on any atom is 0.123 e. The molecule has 0 saturated heterocycles. The predicted octanol–water partition coefficient (Wildman–Crippen LogP) is 3.15. The Bertz CT molecular complexity index is 353. The average molecular weight is 252 g/mol. The fourth-order valence-electron chi connectivity index (χ4n) is 1.75. The predicted molar refractivity (Wildman–Crippen MR) is 72.8 cm³/mol. The summed E-state index contributed by atoms with van der Waals surface area (Å²) in [6.45, 7) is 8.66. The molecule has 3 nitrogen and oxygen atoms in total. The van der Waals surface area contributed by atoms with Gasteiger partial charge in [-0.05, 0) is 31.2 Å². The molecular formula is C13H24N2OSi. The lowest BCUT2D eigenvalue weighted by atomic mass is 10.2. The molecule has 17 heavy (non-hydrogen) atoms. The van der Waals surface area contributed by atoms with E-state index >= 15 is 0 Å². The monoisotopic (exact) mass is 252 g/mol. The molecule has 0 atom stereocenters. The molecule has 1 saturated carbocycles. The summed E-state index contributed by atoms with van der Waals surface area (Å²) in [5.41, 5.74) is 1.22. The van der Waals surface area contributed by atoms with Gasteiger partial charge in [0, 0.05) is 20.9 Å². The summed E-state index contributed by atoms with van der Waals surface area (Å²) in [6, 6.07) is 1.23. The molecule has 0 spiro atoms. The van der Waals surface area contributed by atoms with Crippen molar-refractivity contribution in [1.82, 2.24) is 9.55 Å². The highest BCUT2D eigenvalue weighted by molar-refractivity contribution is 6.76. The van der Waals surface area contributed by atoms with Gasteiger partial charge in [0.05, 0.1) is 12.0 Å². The maximum atomic E-state index is 5.69. The molecule has 1 heterocycles. The van der Waals surface area contributed by atoms with E-state index in [-0.39, 0.29) is 0 Å². The molecule has 1 aliphatic rings. The highest BCUT2D eigenvalue weighted by Gasteiger charge is 2.22. The summed E-state index contributed by atoms with van der Waals surface area (Å²) in [4.78, 5) is 4.42. The van der Waals surface area contributed by atoms with Crippen molar-refractivity contribution in [2.75, 3.05) is 6.61 Å². The van der Waals surface area contributed by atoms with Crippen molar-refractivity contribution in [3.05, 3.63) is 18.2 Å². The zero-order chi connectivity index (χ0) is 12.3. The fraction of sp³-hybridized carbons (Fsp3) is 0.769. The Kier molecular flexibility index (Phi) is 4.04. The Morgan fingerprint density at radius 2 is 2.18 bits per heavy atom. The van der Waals surface area contributed by atoms with Gasteiger partial charge in [-0.15, -0.1) is 0 Å². The number of ether oxygens (including phenoxy) is 1. The standard InChI is InChI=1S/C13H24N2OSi/c1-17(2,3)7-6-16-11-15-9-13(14-10-15)8-12-4-5-12/h9-10,12H,4-8,11H2,1-3H3. The van der Waals surface area contributed by atoms with E-state index in [4.69, 9.17) is 4.74 Å². The quantitative estimate of drug-likeness (QED) is 0.550. The first kappa shape index (κ1) is 12.8. The fourth-order valence-corrected chi connectivity index (χ4v) is 2.51. The van der Waals surface area contributed by atoms with Crippen molar-refractivity contribution in [2.45, 2.75) is 51.7 Å². The Hall–Kier alpha value is -0.613. The van der Waals surface area contributed by atoms with Crippen LogP contribution in [0, 0.1) is 5.92 Å². The number of hydrogen-bond donors (Lipinski definition) is 0. The van der Waals surface area contributed by atoms with E-state index in [1.54, 1.807) is 0 Å². The van der Waals surface area contributed by atoms with E-state index in [0.29, 0.717) is 6.73 Å². The van der Waals surface area contributed by atoms with Crippen LogP contribution in [0.2, 0.25) is 25.7 Å². The Morgan fingerprint density at radius 3 is 2.82 bits per heavy atom. The van der Waals surface area contributed by atoms with Gasteiger partial charge < -0.3 is 9.30 Å². The third kappa shape index (κ3) is 5.04. The van der Waals surface area contributed by atoms with Crippen molar-refractivity contribution in [2.24, 2.45) is 5.92 Å². The molecule has 4 heteroatoms. The molecule has 1 fully saturated rings. The molecule has 2 rings (SSSR count). The van der Waals surface area contributed by atoms with Gasteiger partial charge in [-0.2, -0.15) is 0 Å². The summed E-state index contributed by atoms with van der Waals surface area (Å²) in [5.74, 6) is 0.908. The third-order valence-electron chi connectivity index (χ3n) is 3.12. The van der Waals surface area contributed by atoms with Crippen molar-refractivity contribution >= 4 is 8.07 Å². The number of imidazole rings is 1. The second-order valence-electron chi connectivity index (χ2n) is 6.37. The van der Waals surface area contributed by atoms with Crippen LogP contribution >= 0.6 is 0 Å². The van der Waals surface area contributed by atoms with Gasteiger partial charge in [-0.25, -0.2) is 4.98 Å². The van der Waals surface area contributed by atoms with E-state index < -0.39 is 8.07 Å². The van der Waals surface area contributed by atoms with Gasteiger partial charge in [0.2, 0.25) is 0 Å². The summed E-state index contributed by atoms with van der Waals surface area (Å²) in [5, 5.41) is 0. The minimum Gasteiger partial charge on any atom is -0.361 e. The minimum atomic E-state index is -0.954. The van der Waals surface area contributed by atoms with Gasteiger partial charge in [0.25, 0.3) is 0 Å². The van der Waals surface area contributed by atoms with Gasteiger partial charge in [-0.3, -0.25) is 0 Å². The molecular weight excluding hydrogens is 228 g/mol. The van der Waals surface area contributed by atoms with Gasteiger partial charge >= 0.3 is 0 Å². The van der Waals surface area contributed by atoms with Crippen LogP contribution in [0.5, 0.6) is 0 Å². The second kappa shape index (κ2) is 5.36. The first-order valence-electron chi connectivity index (χ1n) is 6.61. The minimum absolute atomic E-state index is 0.655. The van der Waals surface area contributed by atoms with Crippen LogP contribution in [0.1, 0.15) is 18.5 Å². The molecule has 0 unspecified atom stereocenters. The number of rotatable bonds is 7. The van der Waals surface area contributed by atoms with Crippen molar-refractivity contribution < 1.29 is 4.74 Å². The second-order valence-corrected chi connectivity index (χ2v) is 12.0. The van der Waals surface area contributed by atoms with Crippen molar-refractivity contribution in [1.29, 1.82) is 0 Å². The summed E-state index contributed by atoms with van der Waals surface area (Å²) < 4.78 is 7.74. The molecule has 0 amide bonds. The highest BCUT2D eigenvalue weighted by atomic mass is 28.3. The highest BCUT2D eigenvalue weighted by Crippen LogP contribution is 2.31. The largest absolute Gasteiger partial charge is 0.361 e. The summed E-state index contributed by atoms with van der Waals surface area (Å²) >= 11 is 0. The normalized spacial score (nSPS) is 16.4. The van der Waals surface area contributed by atoms with Gasteiger partial charge in [0.15, 0.2) is 0 Å². The Morgan fingerprint density at radius 1 is 1.41 bits per heavy atom. The van der Waals surface area contributed by atoms with Crippen molar-refractivity contribution in [3.8, 4) is 0 Å². The zero-order valence-corrected chi connectivity index (χ0v) is 12.3. The SMILES string of the molecule is C[Si](C)(C)CCOCn1cnc(CC2CC2)c1. The molecule has 0 bridgehead atoms. The van der Waals surface area contributed by atoms with E-state index in [1.165, 1.54) is 24.6 Å². The molecule has 0 aliphatic heterocycles. The van der Waals surface area contributed by atoms with E-state index in [2.05, 4.69) is 35.4 Å². The van der Waals surface area contributed by atoms with Crippen LogP contribution in [-0.2, 0) is 17.9 Å². The first-order chi connectivity index (χ1) is 8.03. The van der Waals surface area contributed by atoms with Gasteiger partial charge in [0.1, 0.15) is 6.73 Å². The summed E-state index contributed by atoms with van der Waals surface area (Å²) in [7, 11) is -0.954. The lowest BCUT2D eigenvalue weighted by Crippen LogP contribution is -2.21. The smallest absolute Gasteiger partial charge is 0.123 e. The van der Waals surface area contributed by atoms with Crippen molar-refractivity contribution in [3.63, 3.8) is 0 Å². The van der Waals surface area contributed by atoms with E-state index in [9.17, 15) is 0 Å². The Labute approximate surface area is 105 Å². The molecule has 96 valence electrons. The lowest BCUT2D eigenvalue weighted by molar-refractivity contribution is 0.0871. The van der Waals surface area contributed by atoms with Crippen LogP contribution in [-0.4, -0.2) is 24.2 Å². The Balaban J connectivity index is 1.66. The number of hydrogen-bond acceptors (Lipinski definition) is 2. The third-order valence-corrected chi connectivity index (χ3v) is 4.82. The van der Waals surface area contributed by atoms with Crippen LogP contribution in [0.4, 0.5) is 0 Å². The molecule has 1 aromatic rings. The van der Waals surface area contributed by atoms with Crippen LogP contribution in [0.25, 0.3) is 0 Å². The molecule has 1 aromatic heterocycles.